The summed E-state index contributed by atoms with van der Waals surface area (Å²) in [5.41, 5.74) is 5.34. The summed E-state index contributed by atoms with van der Waals surface area (Å²) in [5.74, 6) is -4.94. The van der Waals surface area contributed by atoms with Crippen LogP contribution in [0.15, 0.2) is 0 Å². The van der Waals surface area contributed by atoms with E-state index in [4.69, 9.17) is 15.9 Å². The second kappa shape index (κ2) is 10.4. The van der Waals surface area contributed by atoms with Gasteiger partial charge in [0.2, 0.25) is 17.7 Å². The Morgan fingerprint density at radius 2 is 1.67 bits per heavy atom. The summed E-state index contributed by atoms with van der Waals surface area (Å²) in [7, 11) is 0. The van der Waals surface area contributed by atoms with Gasteiger partial charge in [-0.3, -0.25) is 19.2 Å². The fourth-order valence-electron chi connectivity index (χ4n) is 1.42. The van der Waals surface area contributed by atoms with Gasteiger partial charge in [0.1, 0.15) is 12.1 Å². The summed E-state index contributed by atoms with van der Waals surface area (Å²) in [4.78, 5) is 55.9. The molecule has 11 nitrogen and oxygen atoms in total. The molecule has 0 aliphatic rings. The fraction of sp³-hybridized carbons (Fsp3) is 0.583. The molecule has 12 heteroatoms. The van der Waals surface area contributed by atoms with Gasteiger partial charge in [0, 0.05) is 5.75 Å². The molecule has 0 fully saturated rings. The molecule has 0 aliphatic heterocycles. The molecule has 0 aliphatic carbocycles. The third kappa shape index (κ3) is 8.33. The highest BCUT2D eigenvalue weighted by Gasteiger charge is 2.23. The average molecular weight is 364 g/mol. The average Bonchev–Trinajstić information content (AvgIpc) is 2.48. The largest absolute Gasteiger partial charge is 0.481 e. The van der Waals surface area contributed by atoms with E-state index in [0.29, 0.717) is 0 Å². The van der Waals surface area contributed by atoms with Gasteiger partial charge in [-0.25, -0.2) is 4.79 Å². The van der Waals surface area contributed by atoms with E-state index in [-0.39, 0.29) is 5.75 Å². The van der Waals surface area contributed by atoms with Crippen LogP contribution < -0.4 is 21.7 Å². The molecule has 0 spiro atoms. The van der Waals surface area contributed by atoms with Crippen LogP contribution in [0.1, 0.15) is 13.3 Å². The minimum atomic E-state index is -1.31. The van der Waals surface area contributed by atoms with Crippen LogP contribution in [0.2, 0.25) is 0 Å². The summed E-state index contributed by atoms with van der Waals surface area (Å²) in [5, 5.41) is 23.8. The number of carbonyl (C=O) groups is 5. The van der Waals surface area contributed by atoms with E-state index < -0.39 is 60.8 Å². The molecule has 0 aromatic rings. The lowest BCUT2D eigenvalue weighted by atomic mass is 10.2. The first-order valence-corrected chi connectivity index (χ1v) is 7.40. The zero-order chi connectivity index (χ0) is 18.9. The van der Waals surface area contributed by atoms with Crippen molar-refractivity contribution in [3.8, 4) is 0 Å². The SMILES string of the molecule is CC(NC(=O)C(N)CC(=O)O)C(=O)NCC(=O)NC(CS)C(=O)O. The van der Waals surface area contributed by atoms with E-state index in [1.54, 1.807) is 0 Å². The molecule has 0 saturated carbocycles. The van der Waals surface area contributed by atoms with E-state index in [0.717, 1.165) is 0 Å². The first-order valence-electron chi connectivity index (χ1n) is 6.77. The molecule has 0 heterocycles. The zero-order valence-electron chi connectivity index (χ0n) is 12.8. The minimum absolute atomic E-state index is 0.122. The van der Waals surface area contributed by atoms with Crippen molar-refractivity contribution in [1.29, 1.82) is 0 Å². The normalized spacial score (nSPS) is 14.0. The molecule has 0 aromatic carbocycles. The lowest BCUT2D eigenvalue weighted by Gasteiger charge is -2.17. The summed E-state index contributed by atoms with van der Waals surface area (Å²) >= 11 is 3.77. The molecule has 3 unspecified atom stereocenters. The van der Waals surface area contributed by atoms with Gasteiger partial charge in [-0.15, -0.1) is 0 Å². The maximum absolute atomic E-state index is 11.7. The summed E-state index contributed by atoms with van der Waals surface area (Å²) < 4.78 is 0. The molecule has 0 bridgehead atoms. The Hall–Kier alpha value is -2.34. The highest BCUT2D eigenvalue weighted by atomic mass is 32.1. The van der Waals surface area contributed by atoms with Crippen LogP contribution >= 0.6 is 12.6 Å². The number of carboxylic acids is 2. The van der Waals surface area contributed by atoms with Crippen molar-refractivity contribution < 1.29 is 34.2 Å². The molecule has 3 atom stereocenters. The van der Waals surface area contributed by atoms with Crippen LogP contribution in [0.3, 0.4) is 0 Å². The number of carbonyl (C=O) groups excluding carboxylic acids is 3. The van der Waals surface area contributed by atoms with E-state index in [9.17, 15) is 24.0 Å². The second-order valence-corrected chi connectivity index (χ2v) is 5.16. The van der Waals surface area contributed by atoms with Gasteiger partial charge in [-0.05, 0) is 6.92 Å². The number of nitrogens with two attached hydrogens (primary N) is 1. The quantitative estimate of drug-likeness (QED) is 0.198. The highest BCUT2D eigenvalue weighted by Crippen LogP contribution is 1.91. The van der Waals surface area contributed by atoms with Crippen LogP contribution in [0.25, 0.3) is 0 Å². The maximum Gasteiger partial charge on any atom is 0.327 e. The second-order valence-electron chi connectivity index (χ2n) is 4.79. The minimum Gasteiger partial charge on any atom is -0.481 e. The molecular formula is C12H20N4O7S. The van der Waals surface area contributed by atoms with E-state index in [1.165, 1.54) is 6.92 Å². The smallest absolute Gasteiger partial charge is 0.327 e. The Kier molecular flexibility index (Phi) is 9.42. The molecule has 24 heavy (non-hydrogen) atoms. The highest BCUT2D eigenvalue weighted by molar-refractivity contribution is 7.80. The van der Waals surface area contributed by atoms with E-state index in [2.05, 4.69) is 28.6 Å². The Bertz CT molecular complexity index is 514. The van der Waals surface area contributed by atoms with E-state index >= 15 is 0 Å². The Morgan fingerprint density at radius 3 is 2.12 bits per heavy atom. The molecule has 0 aromatic heterocycles. The third-order valence-electron chi connectivity index (χ3n) is 2.72. The van der Waals surface area contributed by atoms with Gasteiger partial charge in [-0.1, -0.05) is 0 Å². The zero-order valence-corrected chi connectivity index (χ0v) is 13.7. The summed E-state index contributed by atoms with van der Waals surface area (Å²) in [6.45, 7) is 0.810. The number of hydrogen-bond donors (Lipinski definition) is 7. The number of thiol groups is 1. The molecule has 0 rings (SSSR count). The van der Waals surface area contributed by atoms with Crippen molar-refractivity contribution in [2.75, 3.05) is 12.3 Å². The van der Waals surface area contributed by atoms with Gasteiger partial charge >= 0.3 is 11.9 Å². The van der Waals surface area contributed by atoms with E-state index in [1.807, 2.05) is 0 Å². The Labute approximate surface area is 142 Å². The predicted octanol–water partition coefficient (Wildman–Crippen LogP) is -3.09. The first kappa shape index (κ1) is 21.7. The van der Waals surface area contributed by atoms with Crippen molar-refractivity contribution in [1.82, 2.24) is 16.0 Å². The Morgan fingerprint density at radius 1 is 1.08 bits per heavy atom. The number of carboxylic acid groups (broad SMARTS) is 2. The van der Waals surface area contributed by atoms with Crippen LogP contribution in [0, 0.1) is 0 Å². The van der Waals surface area contributed by atoms with Crippen LogP contribution in [-0.2, 0) is 24.0 Å². The number of aliphatic carboxylic acids is 2. The van der Waals surface area contributed by atoms with Crippen molar-refractivity contribution in [3.05, 3.63) is 0 Å². The van der Waals surface area contributed by atoms with Crippen molar-refractivity contribution in [2.24, 2.45) is 5.73 Å². The fourth-order valence-corrected chi connectivity index (χ4v) is 1.67. The summed E-state index contributed by atoms with van der Waals surface area (Å²) in [6.07, 6.45) is -0.594. The number of hydrogen-bond acceptors (Lipinski definition) is 7. The standard InChI is InChI=1S/C12H20N4O7S/c1-5(15-11(21)6(13)2-9(18)19)10(20)14-3-8(17)16-7(4-24)12(22)23/h5-7,24H,2-4,13H2,1H3,(H,14,20)(H,15,21)(H,16,17)(H,18,19)(H,22,23). The molecular weight excluding hydrogens is 344 g/mol. The third-order valence-corrected chi connectivity index (χ3v) is 3.09. The molecule has 0 saturated heterocycles. The molecule has 7 N–H and O–H groups in total. The number of nitrogens with one attached hydrogen (secondary N) is 3. The number of rotatable bonds is 10. The van der Waals surface area contributed by atoms with Gasteiger partial charge < -0.3 is 31.9 Å². The van der Waals surface area contributed by atoms with Crippen molar-refractivity contribution in [3.63, 3.8) is 0 Å². The monoisotopic (exact) mass is 364 g/mol. The van der Waals surface area contributed by atoms with Crippen LogP contribution in [0.5, 0.6) is 0 Å². The maximum atomic E-state index is 11.7. The van der Waals surface area contributed by atoms with Gasteiger partial charge in [-0.2, -0.15) is 12.6 Å². The molecule has 0 radical (unpaired) electrons. The van der Waals surface area contributed by atoms with Gasteiger partial charge in [0.05, 0.1) is 19.0 Å². The van der Waals surface area contributed by atoms with Gasteiger partial charge in [0.15, 0.2) is 0 Å². The van der Waals surface area contributed by atoms with Gasteiger partial charge in [0.25, 0.3) is 0 Å². The predicted molar refractivity (Wildman–Crippen MR) is 84.3 cm³/mol. The first-order chi connectivity index (χ1) is 11.1. The summed E-state index contributed by atoms with van der Waals surface area (Å²) in [6, 6.07) is -3.57. The van der Waals surface area contributed by atoms with Crippen molar-refractivity contribution >= 4 is 42.3 Å². The Balaban J connectivity index is 4.31. The van der Waals surface area contributed by atoms with Crippen LogP contribution in [-0.4, -0.2) is 70.3 Å². The topological polar surface area (TPSA) is 188 Å². The lowest BCUT2D eigenvalue weighted by Crippen LogP contribution is -2.52. The molecule has 3 amide bonds. The molecule has 136 valence electrons. The van der Waals surface area contributed by atoms with Crippen LogP contribution in [0.4, 0.5) is 0 Å². The van der Waals surface area contributed by atoms with Crippen molar-refractivity contribution in [2.45, 2.75) is 31.5 Å². The lowest BCUT2D eigenvalue weighted by molar-refractivity contribution is -0.141. The number of amides is 3.